The Balaban J connectivity index is 3.33. The molecule has 0 unspecified atom stereocenters. The van der Waals surface area contributed by atoms with Crippen molar-refractivity contribution in [3.05, 3.63) is 35.1 Å². The minimum Gasteiger partial charge on any atom is -0.322 e. The summed E-state index contributed by atoms with van der Waals surface area (Å²) in [6.07, 6.45) is -4.73. The number of nitrogens with two attached hydrogens (primary N) is 1. The molecule has 0 bridgehead atoms. The number of hydrogen-bond donors (Lipinski definition) is 1. The smallest absolute Gasteiger partial charge is 0.322 e. The number of rotatable bonds is 2. The van der Waals surface area contributed by atoms with Crippen LogP contribution in [-0.4, -0.2) is 6.67 Å². The Bertz CT molecular complexity index is 347. The van der Waals surface area contributed by atoms with Crippen molar-refractivity contribution in [2.75, 3.05) is 6.67 Å². The first-order valence-corrected chi connectivity index (χ1v) is 4.05. The van der Waals surface area contributed by atoms with Crippen LogP contribution in [0.3, 0.4) is 0 Å². The lowest BCUT2D eigenvalue weighted by Crippen LogP contribution is -2.20. The average Bonchev–Trinajstić information content (AvgIpc) is 2.15. The fraction of sp³-hybridized carbons (Fsp3) is 0.333. The van der Waals surface area contributed by atoms with E-state index in [2.05, 4.69) is 0 Å². The number of hydrogen-bond acceptors (Lipinski definition) is 1. The molecule has 2 N–H and O–H groups in total. The second-order valence-electron chi connectivity index (χ2n) is 2.96. The zero-order chi connectivity index (χ0) is 11.6. The molecule has 0 saturated heterocycles. The predicted molar refractivity (Wildman–Crippen MR) is 44.3 cm³/mol. The average molecular weight is 225 g/mol. The molecule has 6 heteroatoms. The number of alkyl halides is 4. The topological polar surface area (TPSA) is 26.0 Å². The van der Waals surface area contributed by atoms with Gasteiger partial charge in [0.15, 0.2) is 0 Å². The Kier molecular flexibility index (Phi) is 3.28. The minimum absolute atomic E-state index is 0.675. The van der Waals surface area contributed by atoms with Gasteiger partial charge in [0.25, 0.3) is 0 Å². The van der Waals surface area contributed by atoms with Gasteiger partial charge in [-0.1, -0.05) is 6.07 Å². The first-order chi connectivity index (χ1) is 6.88. The fourth-order valence-electron chi connectivity index (χ4n) is 1.24. The van der Waals surface area contributed by atoms with Crippen LogP contribution in [0.5, 0.6) is 0 Å². The van der Waals surface area contributed by atoms with Gasteiger partial charge in [-0.2, -0.15) is 13.2 Å². The third-order valence-corrected chi connectivity index (χ3v) is 1.90. The van der Waals surface area contributed by atoms with Gasteiger partial charge in [-0.15, -0.1) is 0 Å². The van der Waals surface area contributed by atoms with Crippen LogP contribution in [0, 0.1) is 5.82 Å². The van der Waals surface area contributed by atoms with Crippen molar-refractivity contribution >= 4 is 0 Å². The van der Waals surface area contributed by atoms with Gasteiger partial charge in [0.2, 0.25) is 0 Å². The third kappa shape index (κ3) is 2.44. The van der Waals surface area contributed by atoms with Gasteiger partial charge in [-0.25, -0.2) is 8.78 Å². The van der Waals surface area contributed by atoms with E-state index in [9.17, 15) is 22.0 Å². The Labute approximate surface area is 82.7 Å². The normalized spacial score (nSPS) is 14.0. The highest BCUT2D eigenvalue weighted by Gasteiger charge is 2.35. The zero-order valence-corrected chi connectivity index (χ0v) is 7.48. The largest absolute Gasteiger partial charge is 0.416 e. The van der Waals surface area contributed by atoms with E-state index >= 15 is 0 Å². The van der Waals surface area contributed by atoms with Gasteiger partial charge in [-0.05, 0) is 12.1 Å². The summed E-state index contributed by atoms with van der Waals surface area (Å²) in [6, 6.07) is 0.809. The molecule has 15 heavy (non-hydrogen) atoms. The molecule has 1 aromatic rings. The monoisotopic (exact) mass is 225 g/mol. The van der Waals surface area contributed by atoms with E-state index < -0.39 is 35.8 Å². The molecule has 0 fully saturated rings. The Morgan fingerprint density at radius 1 is 1.27 bits per heavy atom. The van der Waals surface area contributed by atoms with E-state index in [1.165, 1.54) is 0 Å². The lowest BCUT2D eigenvalue weighted by atomic mass is 10.0. The molecule has 1 nitrogen and oxygen atoms in total. The highest BCUT2D eigenvalue weighted by atomic mass is 19.4. The van der Waals surface area contributed by atoms with E-state index in [-0.39, 0.29) is 0 Å². The van der Waals surface area contributed by atoms with Crippen molar-refractivity contribution in [1.82, 2.24) is 0 Å². The molecule has 0 aliphatic heterocycles. The Hall–Kier alpha value is -1.17. The molecular weight excluding hydrogens is 217 g/mol. The molecule has 0 radical (unpaired) electrons. The molecule has 0 aliphatic carbocycles. The van der Waals surface area contributed by atoms with Crippen LogP contribution in [0.4, 0.5) is 22.0 Å². The second kappa shape index (κ2) is 4.14. The van der Waals surface area contributed by atoms with Crippen molar-refractivity contribution in [2.45, 2.75) is 12.2 Å². The summed E-state index contributed by atoms with van der Waals surface area (Å²) >= 11 is 0. The highest BCUT2D eigenvalue weighted by molar-refractivity contribution is 5.33. The number of benzene rings is 1. The maximum Gasteiger partial charge on any atom is 0.416 e. The molecule has 1 atom stereocenters. The van der Waals surface area contributed by atoms with E-state index in [0.29, 0.717) is 6.07 Å². The fourth-order valence-corrected chi connectivity index (χ4v) is 1.24. The van der Waals surface area contributed by atoms with Crippen LogP contribution >= 0.6 is 0 Å². The van der Waals surface area contributed by atoms with Gasteiger partial charge >= 0.3 is 6.18 Å². The van der Waals surface area contributed by atoms with E-state index in [1.807, 2.05) is 0 Å². The zero-order valence-electron chi connectivity index (χ0n) is 7.48. The standard InChI is InChI=1S/C9H8F5N/c10-4-7(15)8-5(9(12,13)14)2-1-3-6(8)11/h1-3,7H,4,15H2/t7-/m1/s1. The van der Waals surface area contributed by atoms with Gasteiger partial charge in [0.1, 0.15) is 12.5 Å². The van der Waals surface area contributed by atoms with E-state index in [0.717, 1.165) is 12.1 Å². The van der Waals surface area contributed by atoms with Gasteiger partial charge in [-0.3, -0.25) is 0 Å². The van der Waals surface area contributed by atoms with Crippen LogP contribution in [-0.2, 0) is 6.18 Å². The van der Waals surface area contributed by atoms with Gasteiger partial charge in [0, 0.05) is 5.56 Å². The molecule has 1 aromatic carbocycles. The quantitative estimate of drug-likeness (QED) is 0.769. The predicted octanol–water partition coefficient (Wildman–Crippen LogP) is 2.81. The van der Waals surface area contributed by atoms with E-state index in [4.69, 9.17) is 5.73 Å². The van der Waals surface area contributed by atoms with Crippen molar-refractivity contribution in [3.8, 4) is 0 Å². The summed E-state index contributed by atoms with van der Waals surface area (Å²) in [6.45, 7) is -1.25. The first kappa shape index (κ1) is 11.9. The van der Waals surface area contributed by atoms with Crippen molar-refractivity contribution < 1.29 is 22.0 Å². The summed E-state index contributed by atoms with van der Waals surface area (Å²) < 4.78 is 62.4. The lowest BCUT2D eigenvalue weighted by Gasteiger charge is -2.16. The van der Waals surface area contributed by atoms with Crippen molar-refractivity contribution in [2.24, 2.45) is 5.73 Å². The number of halogens is 5. The van der Waals surface area contributed by atoms with Crippen LogP contribution in [0.15, 0.2) is 18.2 Å². The molecule has 0 heterocycles. The molecule has 1 rings (SSSR count). The van der Waals surface area contributed by atoms with Gasteiger partial charge < -0.3 is 5.73 Å². The Morgan fingerprint density at radius 2 is 1.87 bits per heavy atom. The molecule has 0 saturated carbocycles. The van der Waals surface area contributed by atoms with Crippen LogP contribution in [0.25, 0.3) is 0 Å². The van der Waals surface area contributed by atoms with Crippen molar-refractivity contribution in [1.29, 1.82) is 0 Å². The maximum absolute atomic E-state index is 13.1. The summed E-state index contributed by atoms with van der Waals surface area (Å²) in [7, 11) is 0. The summed E-state index contributed by atoms with van der Waals surface area (Å²) in [5, 5.41) is 0. The van der Waals surface area contributed by atoms with Gasteiger partial charge in [0.05, 0.1) is 11.6 Å². The summed E-state index contributed by atoms with van der Waals surface area (Å²) in [4.78, 5) is 0. The highest BCUT2D eigenvalue weighted by Crippen LogP contribution is 2.35. The van der Waals surface area contributed by atoms with Crippen LogP contribution in [0.1, 0.15) is 17.2 Å². The van der Waals surface area contributed by atoms with Crippen LogP contribution < -0.4 is 5.73 Å². The summed E-state index contributed by atoms with van der Waals surface area (Å²) in [5.41, 5.74) is 3.02. The Morgan fingerprint density at radius 3 is 2.33 bits per heavy atom. The minimum atomic E-state index is -4.73. The molecule has 0 spiro atoms. The second-order valence-corrected chi connectivity index (χ2v) is 2.96. The van der Waals surface area contributed by atoms with Crippen LogP contribution in [0.2, 0.25) is 0 Å². The first-order valence-electron chi connectivity index (χ1n) is 4.05. The summed E-state index contributed by atoms with van der Waals surface area (Å²) in [5.74, 6) is -1.14. The lowest BCUT2D eigenvalue weighted by molar-refractivity contribution is -0.138. The van der Waals surface area contributed by atoms with Crippen molar-refractivity contribution in [3.63, 3.8) is 0 Å². The molecular formula is C9H8F5N. The van der Waals surface area contributed by atoms with E-state index in [1.54, 1.807) is 0 Å². The molecule has 0 amide bonds. The SMILES string of the molecule is N[C@H](CF)c1c(F)cccc1C(F)(F)F. The molecule has 0 aliphatic rings. The third-order valence-electron chi connectivity index (χ3n) is 1.90. The molecule has 84 valence electrons. The maximum atomic E-state index is 13.1. The molecule has 0 aromatic heterocycles.